The highest BCUT2D eigenvalue weighted by molar-refractivity contribution is 6.00. The summed E-state index contributed by atoms with van der Waals surface area (Å²) in [6, 6.07) is 10.0. The van der Waals surface area contributed by atoms with Crippen molar-refractivity contribution in [2.24, 2.45) is 17.6 Å². The van der Waals surface area contributed by atoms with Crippen LogP contribution in [0.1, 0.15) is 43.0 Å². The Morgan fingerprint density at radius 2 is 2.00 bits per heavy atom. The topological polar surface area (TPSA) is 120 Å². The molecule has 4 aromatic rings. The molecule has 3 N–H and O–H groups in total. The van der Waals surface area contributed by atoms with Gasteiger partial charge in [0.1, 0.15) is 16.9 Å². The van der Waals surface area contributed by atoms with Crippen LogP contribution in [-0.4, -0.2) is 68.1 Å². The Bertz CT molecular complexity index is 1640. The molecule has 3 aromatic heterocycles. The van der Waals surface area contributed by atoms with Crippen molar-refractivity contribution in [1.29, 1.82) is 0 Å². The average Bonchev–Trinajstić information content (AvgIpc) is 3.31. The molecule has 3 aliphatic rings. The summed E-state index contributed by atoms with van der Waals surface area (Å²) in [7, 11) is 1.62. The molecule has 10 heteroatoms. The number of nitrogens with two attached hydrogens (primary N) is 1. The third kappa shape index (κ3) is 4.13. The summed E-state index contributed by atoms with van der Waals surface area (Å²) in [6.07, 6.45) is 6.30. The normalized spacial score (nSPS) is 22.0. The molecule has 4 heterocycles. The number of hydrogen-bond acceptors (Lipinski definition) is 6. The van der Waals surface area contributed by atoms with E-state index in [1.165, 1.54) is 19.8 Å². The number of methoxy groups -OCH3 is 1. The Morgan fingerprint density at radius 3 is 2.70 bits per heavy atom. The number of hydrogen-bond donors (Lipinski definition) is 2. The zero-order valence-corrected chi connectivity index (χ0v) is 23.0. The van der Waals surface area contributed by atoms with E-state index in [0.29, 0.717) is 48.3 Å². The van der Waals surface area contributed by atoms with Crippen LogP contribution in [0.5, 0.6) is 5.75 Å². The first-order valence-electron chi connectivity index (χ1n) is 14.3. The number of pyridine rings is 1. The molecule has 0 spiro atoms. The van der Waals surface area contributed by atoms with Gasteiger partial charge in [-0.2, -0.15) is 0 Å². The summed E-state index contributed by atoms with van der Waals surface area (Å²) in [5.41, 5.74) is 10.4. The summed E-state index contributed by atoms with van der Waals surface area (Å²) in [5, 5.41) is 3.97. The minimum atomic E-state index is -0.0871. The lowest BCUT2D eigenvalue weighted by Crippen LogP contribution is -2.41. The van der Waals surface area contributed by atoms with Crippen molar-refractivity contribution in [2.45, 2.75) is 57.8 Å². The number of fused-ring (bicyclic) bond motifs is 4. The number of rotatable bonds is 8. The second kappa shape index (κ2) is 9.62. The molecule has 7 rings (SSSR count). The standard InChI is InChI=1S/C30H35N7O3/c1-17(38)32-10-11-35-27-22(12-21(14-25(27)40-2)30(39)37-16-20-7-8-23(37)26(20)31)34-29(35)24-13-19-4-3-9-33-28(19)36(24)15-18-5-6-18/h3-4,9,12-14,18,20,23,26H,5-8,10-11,15-16,31H2,1-2H3,(H,32,38)/t20-,23-,26-/m1/s1. The first kappa shape index (κ1) is 25.1. The van der Waals surface area contributed by atoms with Crippen LogP contribution in [0.25, 0.3) is 33.6 Å². The van der Waals surface area contributed by atoms with E-state index in [-0.39, 0.29) is 23.9 Å². The molecule has 3 atom stereocenters. The van der Waals surface area contributed by atoms with E-state index in [9.17, 15) is 9.59 Å². The SMILES string of the molecule is COc1cc(C(=O)N2C[C@H]3CC[C@@H]2[C@@H]3N)cc2nc(-c3cc4cccnc4n3CC3CC3)n(CCNC(C)=O)c12. The van der Waals surface area contributed by atoms with E-state index < -0.39 is 0 Å². The summed E-state index contributed by atoms with van der Waals surface area (Å²) in [4.78, 5) is 37.2. The van der Waals surface area contributed by atoms with Gasteiger partial charge in [0, 0.05) is 62.3 Å². The van der Waals surface area contributed by atoms with Crippen LogP contribution in [0.4, 0.5) is 0 Å². The van der Waals surface area contributed by atoms with Crippen molar-refractivity contribution in [3.8, 4) is 17.3 Å². The van der Waals surface area contributed by atoms with Gasteiger partial charge >= 0.3 is 0 Å². The summed E-state index contributed by atoms with van der Waals surface area (Å²) in [6.45, 7) is 4.03. The smallest absolute Gasteiger partial charge is 0.254 e. The molecule has 2 bridgehead atoms. The second-order valence-corrected chi connectivity index (χ2v) is 11.6. The fraction of sp³-hybridized carbons (Fsp3) is 0.467. The zero-order valence-electron chi connectivity index (χ0n) is 23.0. The van der Waals surface area contributed by atoms with Crippen molar-refractivity contribution >= 4 is 33.9 Å². The fourth-order valence-electron chi connectivity index (χ4n) is 6.73. The second-order valence-electron chi connectivity index (χ2n) is 11.6. The molecule has 10 nitrogen and oxygen atoms in total. The van der Waals surface area contributed by atoms with Crippen LogP contribution in [0.3, 0.4) is 0 Å². The van der Waals surface area contributed by atoms with Crippen LogP contribution < -0.4 is 15.8 Å². The Hall–Kier alpha value is -3.92. The average molecular weight is 542 g/mol. The number of nitrogens with one attached hydrogen (secondary N) is 1. The minimum absolute atomic E-state index is 0.0238. The van der Waals surface area contributed by atoms with E-state index in [2.05, 4.69) is 26.6 Å². The number of carbonyl (C=O) groups is 2. The maximum atomic E-state index is 13.7. The van der Waals surface area contributed by atoms with E-state index in [4.69, 9.17) is 20.4 Å². The van der Waals surface area contributed by atoms with Crippen molar-refractivity contribution in [3.63, 3.8) is 0 Å². The molecular formula is C30H35N7O3. The summed E-state index contributed by atoms with van der Waals surface area (Å²) < 4.78 is 10.3. The highest BCUT2D eigenvalue weighted by atomic mass is 16.5. The lowest BCUT2D eigenvalue weighted by molar-refractivity contribution is -0.118. The molecule has 40 heavy (non-hydrogen) atoms. The lowest BCUT2D eigenvalue weighted by atomic mass is 10.1. The molecule has 1 aliphatic heterocycles. The Kier molecular flexibility index (Phi) is 6.03. The van der Waals surface area contributed by atoms with Gasteiger partial charge in [-0.3, -0.25) is 9.59 Å². The van der Waals surface area contributed by atoms with Crippen LogP contribution >= 0.6 is 0 Å². The largest absolute Gasteiger partial charge is 0.494 e. The van der Waals surface area contributed by atoms with Crippen molar-refractivity contribution in [3.05, 3.63) is 42.1 Å². The maximum Gasteiger partial charge on any atom is 0.254 e. The monoisotopic (exact) mass is 541 g/mol. The molecule has 2 saturated carbocycles. The molecular weight excluding hydrogens is 506 g/mol. The van der Waals surface area contributed by atoms with Gasteiger partial charge in [0.05, 0.1) is 18.3 Å². The Labute approximate surface area is 232 Å². The van der Waals surface area contributed by atoms with Crippen molar-refractivity contribution in [2.75, 3.05) is 20.2 Å². The molecule has 208 valence electrons. The number of carbonyl (C=O) groups excluding carboxylic acids is 2. The first-order chi connectivity index (χ1) is 19.4. The Morgan fingerprint density at radius 1 is 1.15 bits per heavy atom. The maximum absolute atomic E-state index is 13.7. The number of piperidine rings is 1. The van der Waals surface area contributed by atoms with Gasteiger partial charge in [0.15, 0.2) is 5.82 Å². The third-order valence-corrected chi connectivity index (χ3v) is 8.92. The molecule has 1 aromatic carbocycles. The van der Waals surface area contributed by atoms with Crippen LogP contribution in [0, 0.1) is 11.8 Å². The third-order valence-electron chi connectivity index (χ3n) is 8.92. The number of nitrogens with zero attached hydrogens (tertiary/aromatic N) is 5. The van der Waals surface area contributed by atoms with Crippen LogP contribution in [0.15, 0.2) is 36.5 Å². The molecule has 2 aliphatic carbocycles. The van der Waals surface area contributed by atoms with Gasteiger partial charge in [-0.1, -0.05) is 0 Å². The molecule has 0 radical (unpaired) electrons. The van der Waals surface area contributed by atoms with Gasteiger partial charge in [0.25, 0.3) is 5.91 Å². The summed E-state index contributed by atoms with van der Waals surface area (Å²) >= 11 is 0. The van der Waals surface area contributed by atoms with Crippen molar-refractivity contribution in [1.82, 2.24) is 29.3 Å². The van der Waals surface area contributed by atoms with E-state index in [0.717, 1.165) is 47.5 Å². The Balaban J connectivity index is 1.37. The van der Waals surface area contributed by atoms with Crippen LogP contribution in [0.2, 0.25) is 0 Å². The predicted octanol–water partition coefficient (Wildman–Crippen LogP) is 3.17. The highest BCUT2D eigenvalue weighted by Crippen LogP contribution is 2.40. The fourth-order valence-corrected chi connectivity index (χ4v) is 6.73. The van der Waals surface area contributed by atoms with Gasteiger partial charge in [-0.05, 0) is 67.9 Å². The molecule has 2 amide bonds. The molecule has 3 fully saturated rings. The van der Waals surface area contributed by atoms with Gasteiger partial charge in [-0.25, -0.2) is 9.97 Å². The number of amides is 2. The predicted molar refractivity (Wildman–Crippen MR) is 152 cm³/mol. The van der Waals surface area contributed by atoms with Gasteiger partial charge in [-0.15, -0.1) is 0 Å². The van der Waals surface area contributed by atoms with E-state index in [1.54, 1.807) is 7.11 Å². The first-order valence-corrected chi connectivity index (χ1v) is 14.3. The van der Waals surface area contributed by atoms with Gasteiger partial charge < -0.3 is 29.8 Å². The quantitative estimate of drug-likeness (QED) is 0.354. The molecule has 1 saturated heterocycles. The summed E-state index contributed by atoms with van der Waals surface area (Å²) in [5.74, 6) is 2.25. The van der Waals surface area contributed by atoms with Gasteiger partial charge in [0.2, 0.25) is 5.91 Å². The number of imidazole rings is 1. The number of ether oxygens (including phenoxy) is 1. The van der Waals surface area contributed by atoms with E-state index in [1.807, 2.05) is 29.3 Å². The van der Waals surface area contributed by atoms with Crippen molar-refractivity contribution < 1.29 is 14.3 Å². The highest BCUT2D eigenvalue weighted by Gasteiger charge is 2.47. The zero-order chi connectivity index (χ0) is 27.5. The van der Waals surface area contributed by atoms with Crippen LogP contribution in [-0.2, 0) is 17.9 Å². The number of aromatic nitrogens is 4. The number of benzene rings is 1. The minimum Gasteiger partial charge on any atom is -0.494 e. The lowest BCUT2D eigenvalue weighted by Gasteiger charge is -2.27. The number of likely N-dealkylation sites (tertiary alicyclic amines) is 1. The molecule has 0 unspecified atom stereocenters. The van der Waals surface area contributed by atoms with E-state index >= 15 is 0 Å².